The number of aliphatic carboxylic acids is 1. The first-order chi connectivity index (χ1) is 9.74. The zero-order chi connectivity index (χ0) is 13.9. The fourth-order valence-corrected chi connectivity index (χ4v) is 2.16. The van der Waals surface area contributed by atoms with Crippen LogP contribution in [0.25, 0.3) is 5.69 Å². The molecule has 6 nitrogen and oxygen atoms in total. The Kier molecular flexibility index (Phi) is 3.47. The average molecular weight is 272 g/mol. The zero-order valence-electron chi connectivity index (χ0n) is 10.9. The number of nitrogens with one attached hydrogen (secondary N) is 1. The van der Waals surface area contributed by atoms with Crippen LogP contribution in [0.1, 0.15) is 18.5 Å². The van der Waals surface area contributed by atoms with Gasteiger partial charge in [-0.3, -0.25) is 10.1 Å². The van der Waals surface area contributed by atoms with Gasteiger partial charge in [-0.25, -0.2) is 0 Å². The number of hydrogen-bond acceptors (Lipinski definition) is 4. The topological polar surface area (TPSA) is 80.0 Å². The van der Waals surface area contributed by atoms with Crippen molar-refractivity contribution in [3.63, 3.8) is 0 Å². The summed E-state index contributed by atoms with van der Waals surface area (Å²) in [4.78, 5) is 12.7. The first kappa shape index (κ1) is 12.8. The predicted octanol–water partition coefficient (Wildman–Crippen LogP) is 1.22. The largest absolute Gasteiger partial charge is 0.480 e. The average Bonchev–Trinajstić information content (AvgIpc) is 3.17. The maximum atomic E-state index is 11.1. The Bertz CT molecular complexity index is 592. The summed E-state index contributed by atoms with van der Waals surface area (Å²) in [7, 11) is 0. The molecule has 1 aromatic carbocycles. The van der Waals surface area contributed by atoms with E-state index in [4.69, 9.17) is 5.11 Å². The molecule has 1 atom stereocenters. The van der Waals surface area contributed by atoms with Crippen LogP contribution in [-0.2, 0) is 11.3 Å². The van der Waals surface area contributed by atoms with Crippen molar-refractivity contribution in [2.24, 2.45) is 5.92 Å². The van der Waals surface area contributed by atoms with Crippen LogP contribution < -0.4 is 5.32 Å². The molecule has 20 heavy (non-hydrogen) atoms. The van der Waals surface area contributed by atoms with E-state index >= 15 is 0 Å². The third kappa shape index (κ3) is 2.85. The Morgan fingerprint density at radius 1 is 1.40 bits per heavy atom. The summed E-state index contributed by atoms with van der Waals surface area (Å²) < 4.78 is 0. The van der Waals surface area contributed by atoms with Crippen LogP contribution in [0.3, 0.4) is 0 Å². The molecule has 0 spiro atoms. The summed E-state index contributed by atoms with van der Waals surface area (Å²) in [5.74, 6) is -0.528. The van der Waals surface area contributed by atoms with Crippen LogP contribution in [-0.4, -0.2) is 32.1 Å². The van der Waals surface area contributed by atoms with Gasteiger partial charge in [0.2, 0.25) is 0 Å². The first-order valence-electron chi connectivity index (χ1n) is 6.67. The molecular weight excluding hydrogens is 256 g/mol. The molecule has 1 heterocycles. The number of para-hydroxylation sites is 1. The minimum Gasteiger partial charge on any atom is -0.480 e. The molecule has 1 saturated carbocycles. The van der Waals surface area contributed by atoms with E-state index in [1.165, 1.54) is 0 Å². The molecule has 1 aliphatic rings. The Labute approximate surface area is 116 Å². The maximum absolute atomic E-state index is 11.1. The van der Waals surface area contributed by atoms with Crippen LogP contribution in [0.15, 0.2) is 36.5 Å². The molecule has 1 fully saturated rings. The second-order valence-electron chi connectivity index (χ2n) is 5.00. The Morgan fingerprint density at radius 2 is 2.15 bits per heavy atom. The van der Waals surface area contributed by atoms with E-state index in [9.17, 15) is 4.79 Å². The van der Waals surface area contributed by atoms with Crippen molar-refractivity contribution < 1.29 is 9.90 Å². The highest BCUT2D eigenvalue weighted by atomic mass is 16.4. The number of benzene rings is 1. The second kappa shape index (κ2) is 5.42. The van der Waals surface area contributed by atoms with Gasteiger partial charge in [0, 0.05) is 6.54 Å². The van der Waals surface area contributed by atoms with Gasteiger partial charge in [-0.2, -0.15) is 15.0 Å². The fraction of sp³-hybridized carbons (Fsp3) is 0.357. The molecule has 1 unspecified atom stereocenters. The van der Waals surface area contributed by atoms with E-state index in [0.717, 1.165) is 24.2 Å². The van der Waals surface area contributed by atoms with Gasteiger partial charge in [0.1, 0.15) is 6.04 Å². The predicted molar refractivity (Wildman–Crippen MR) is 72.3 cm³/mol. The lowest BCUT2D eigenvalue weighted by Gasteiger charge is -2.11. The third-order valence-electron chi connectivity index (χ3n) is 3.39. The molecule has 3 rings (SSSR count). The van der Waals surface area contributed by atoms with E-state index < -0.39 is 12.0 Å². The number of hydrogen-bond donors (Lipinski definition) is 2. The SMILES string of the molecule is O=C(O)C(NCc1cnn(-c2ccccc2)n1)C1CC1. The van der Waals surface area contributed by atoms with E-state index in [2.05, 4.69) is 15.5 Å². The number of rotatable bonds is 6. The minimum atomic E-state index is -0.789. The molecule has 0 bridgehead atoms. The van der Waals surface area contributed by atoms with Crippen molar-refractivity contribution in [2.75, 3.05) is 0 Å². The number of carboxylic acids is 1. The van der Waals surface area contributed by atoms with Crippen LogP contribution in [0.4, 0.5) is 0 Å². The summed E-state index contributed by atoms with van der Waals surface area (Å²) in [6.07, 6.45) is 3.63. The smallest absolute Gasteiger partial charge is 0.320 e. The summed E-state index contributed by atoms with van der Waals surface area (Å²) in [5.41, 5.74) is 1.62. The summed E-state index contributed by atoms with van der Waals surface area (Å²) in [5, 5.41) is 20.7. The summed E-state index contributed by atoms with van der Waals surface area (Å²) in [6.45, 7) is 0.417. The fourth-order valence-electron chi connectivity index (χ4n) is 2.16. The normalized spacial score (nSPS) is 16.0. The third-order valence-corrected chi connectivity index (χ3v) is 3.39. The molecule has 1 aliphatic carbocycles. The highest BCUT2D eigenvalue weighted by Crippen LogP contribution is 2.32. The molecule has 0 saturated heterocycles. The Balaban J connectivity index is 1.64. The lowest BCUT2D eigenvalue weighted by atomic mass is 10.2. The van der Waals surface area contributed by atoms with Crippen molar-refractivity contribution in [1.29, 1.82) is 0 Å². The van der Waals surface area contributed by atoms with Crippen LogP contribution in [0.2, 0.25) is 0 Å². The van der Waals surface area contributed by atoms with Crippen molar-refractivity contribution in [3.8, 4) is 5.69 Å². The van der Waals surface area contributed by atoms with Crippen molar-refractivity contribution in [2.45, 2.75) is 25.4 Å². The minimum absolute atomic E-state index is 0.261. The number of carbonyl (C=O) groups is 1. The van der Waals surface area contributed by atoms with Crippen LogP contribution in [0.5, 0.6) is 0 Å². The molecule has 0 amide bonds. The van der Waals surface area contributed by atoms with E-state index in [1.807, 2.05) is 30.3 Å². The second-order valence-corrected chi connectivity index (χ2v) is 5.00. The summed E-state index contributed by atoms with van der Waals surface area (Å²) >= 11 is 0. The Hall–Kier alpha value is -2.21. The Morgan fingerprint density at radius 3 is 2.80 bits per heavy atom. The van der Waals surface area contributed by atoms with Gasteiger partial charge in [0.05, 0.1) is 17.6 Å². The molecule has 0 aliphatic heterocycles. The molecule has 6 heteroatoms. The highest BCUT2D eigenvalue weighted by molar-refractivity contribution is 5.74. The van der Waals surface area contributed by atoms with Gasteiger partial charge >= 0.3 is 5.97 Å². The number of carboxylic acid groups (broad SMARTS) is 1. The quantitative estimate of drug-likeness (QED) is 0.826. The highest BCUT2D eigenvalue weighted by Gasteiger charge is 2.35. The van der Waals surface area contributed by atoms with Gasteiger partial charge < -0.3 is 5.11 Å². The van der Waals surface area contributed by atoms with E-state index in [1.54, 1.807) is 11.0 Å². The maximum Gasteiger partial charge on any atom is 0.320 e. The standard InChI is InChI=1S/C14H16N4O2/c19-14(20)13(10-6-7-10)15-8-11-9-16-18(17-11)12-4-2-1-3-5-12/h1-5,9-10,13,15H,6-8H2,(H,19,20). The molecule has 2 aromatic rings. The van der Waals surface area contributed by atoms with Crippen LogP contribution >= 0.6 is 0 Å². The first-order valence-corrected chi connectivity index (χ1v) is 6.67. The molecule has 104 valence electrons. The lowest BCUT2D eigenvalue weighted by Crippen LogP contribution is -2.38. The van der Waals surface area contributed by atoms with Crippen molar-refractivity contribution in [3.05, 3.63) is 42.2 Å². The lowest BCUT2D eigenvalue weighted by molar-refractivity contribution is -0.140. The molecule has 0 radical (unpaired) electrons. The van der Waals surface area contributed by atoms with Gasteiger partial charge in [-0.15, -0.1) is 0 Å². The monoisotopic (exact) mass is 272 g/mol. The van der Waals surface area contributed by atoms with Crippen molar-refractivity contribution >= 4 is 5.97 Å². The van der Waals surface area contributed by atoms with Gasteiger partial charge in [-0.05, 0) is 30.9 Å². The molecule has 2 N–H and O–H groups in total. The van der Waals surface area contributed by atoms with Crippen molar-refractivity contribution in [1.82, 2.24) is 20.3 Å². The van der Waals surface area contributed by atoms with Gasteiger partial charge in [-0.1, -0.05) is 18.2 Å². The van der Waals surface area contributed by atoms with Crippen LogP contribution in [0, 0.1) is 5.92 Å². The molecular formula is C14H16N4O2. The summed E-state index contributed by atoms with van der Waals surface area (Å²) in [6, 6.07) is 9.14. The van der Waals surface area contributed by atoms with E-state index in [-0.39, 0.29) is 5.92 Å². The number of nitrogens with zero attached hydrogens (tertiary/aromatic N) is 3. The molecule has 1 aromatic heterocycles. The van der Waals surface area contributed by atoms with Gasteiger partial charge in [0.25, 0.3) is 0 Å². The van der Waals surface area contributed by atoms with E-state index in [0.29, 0.717) is 6.54 Å². The van der Waals surface area contributed by atoms with Gasteiger partial charge in [0.15, 0.2) is 0 Å². The number of aromatic nitrogens is 3. The zero-order valence-corrected chi connectivity index (χ0v) is 10.9.